The van der Waals surface area contributed by atoms with Crippen LogP contribution in [0.2, 0.25) is 0 Å². The molecule has 5 heteroatoms. The topological polar surface area (TPSA) is 51.2 Å². The zero-order valence-corrected chi connectivity index (χ0v) is 14.6. The first kappa shape index (κ1) is 14.9. The molecule has 1 aromatic carbocycles. The standard InChI is InChI=1S/C18H22N2O2S/c1-9-11-4-5-12(8-11)16(9)20-18(21)15-14(22-3)7-6-13-17(15)23-10(2)19-13/h6-7,9,11-12,16H,4-5,8H2,1-3H3,(H,20,21)/t9?,11-,12?,16?/m1/s1. The molecule has 1 heterocycles. The van der Waals surface area contributed by atoms with Crippen LogP contribution in [-0.4, -0.2) is 24.0 Å². The van der Waals surface area contributed by atoms with E-state index in [-0.39, 0.29) is 5.91 Å². The van der Waals surface area contributed by atoms with Crippen LogP contribution in [0, 0.1) is 24.7 Å². The number of nitrogens with one attached hydrogen (secondary N) is 1. The number of rotatable bonds is 3. The highest BCUT2D eigenvalue weighted by Crippen LogP contribution is 2.48. The van der Waals surface area contributed by atoms with Gasteiger partial charge in [0.15, 0.2) is 0 Å². The molecule has 2 aliphatic rings. The number of benzene rings is 1. The molecule has 0 radical (unpaired) electrons. The van der Waals surface area contributed by atoms with E-state index in [1.165, 1.54) is 19.3 Å². The molecule has 0 saturated heterocycles. The zero-order chi connectivity index (χ0) is 16.1. The van der Waals surface area contributed by atoms with Crippen LogP contribution in [0.4, 0.5) is 0 Å². The van der Waals surface area contributed by atoms with E-state index in [4.69, 9.17) is 4.74 Å². The number of carbonyl (C=O) groups excluding carboxylic acids is 1. The van der Waals surface area contributed by atoms with Crippen LogP contribution >= 0.6 is 11.3 Å². The average Bonchev–Trinajstić information content (AvgIpc) is 3.21. The normalized spacial score (nSPS) is 29.2. The van der Waals surface area contributed by atoms with Crippen LogP contribution in [0.3, 0.4) is 0 Å². The number of hydrogen-bond acceptors (Lipinski definition) is 4. The first-order valence-corrected chi connectivity index (χ1v) is 9.15. The van der Waals surface area contributed by atoms with E-state index in [9.17, 15) is 4.79 Å². The van der Waals surface area contributed by atoms with E-state index in [0.717, 1.165) is 21.1 Å². The molecule has 2 aliphatic carbocycles. The zero-order valence-electron chi connectivity index (χ0n) is 13.8. The summed E-state index contributed by atoms with van der Waals surface area (Å²) in [6.07, 6.45) is 3.85. The summed E-state index contributed by atoms with van der Waals surface area (Å²) in [6, 6.07) is 4.07. The monoisotopic (exact) mass is 330 g/mol. The molecule has 0 spiro atoms. The Morgan fingerprint density at radius 2 is 2.13 bits per heavy atom. The van der Waals surface area contributed by atoms with Crippen molar-refractivity contribution in [2.45, 2.75) is 39.2 Å². The summed E-state index contributed by atoms with van der Waals surface area (Å²) >= 11 is 1.56. The lowest BCUT2D eigenvalue weighted by atomic mass is 9.86. The van der Waals surface area contributed by atoms with Crippen LogP contribution in [0.5, 0.6) is 5.75 Å². The Balaban J connectivity index is 1.69. The number of methoxy groups -OCH3 is 1. The third-order valence-corrected chi connectivity index (χ3v) is 6.71. The maximum Gasteiger partial charge on any atom is 0.256 e. The number of ether oxygens (including phenoxy) is 1. The van der Waals surface area contributed by atoms with Crippen LogP contribution in [0.15, 0.2) is 12.1 Å². The summed E-state index contributed by atoms with van der Waals surface area (Å²) in [4.78, 5) is 17.5. The SMILES string of the molecule is COc1ccc2nc(C)sc2c1C(=O)NC1C2CC[C@H](C2)C1C. The molecule has 2 aromatic rings. The maximum atomic E-state index is 13.0. The lowest BCUT2D eigenvalue weighted by Gasteiger charge is -2.29. The Morgan fingerprint density at radius 1 is 1.35 bits per heavy atom. The van der Waals surface area contributed by atoms with Crippen LogP contribution < -0.4 is 10.1 Å². The summed E-state index contributed by atoms with van der Waals surface area (Å²) in [7, 11) is 1.62. The molecule has 122 valence electrons. The van der Waals surface area contributed by atoms with Crippen molar-refractivity contribution < 1.29 is 9.53 Å². The summed E-state index contributed by atoms with van der Waals surface area (Å²) in [5.41, 5.74) is 1.52. The molecule has 3 unspecified atom stereocenters. The third kappa shape index (κ3) is 2.33. The molecular weight excluding hydrogens is 308 g/mol. The van der Waals surface area contributed by atoms with Crippen molar-refractivity contribution in [2.24, 2.45) is 17.8 Å². The largest absolute Gasteiger partial charge is 0.496 e. The highest BCUT2D eigenvalue weighted by molar-refractivity contribution is 7.19. The quantitative estimate of drug-likeness (QED) is 0.932. The Kier molecular flexibility index (Phi) is 3.56. The maximum absolute atomic E-state index is 13.0. The van der Waals surface area contributed by atoms with Crippen LogP contribution in [0.1, 0.15) is 41.6 Å². The predicted octanol–water partition coefficient (Wildman–Crippen LogP) is 3.78. The van der Waals surface area contributed by atoms with Crippen molar-refractivity contribution in [1.82, 2.24) is 10.3 Å². The molecule has 23 heavy (non-hydrogen) atoms. The van der Waals surface area contributed by atoms with Crippen molar-refractivity contribution in [2.75, 3.05) is 7.11 Å². The molecule has 2 fully saturated rings. The van der Waals surface area contributed by atoms with Crippen molar-refractivity contribution >= 4 is 27.5 Å². The highest BCUT2D eigenvalue weighted by atomic mass is 32.1. The second kappa shape index (κ2) is 5.48. The predicted molar refractivity (Wildman–Crippen MR) is 92.2 cm³/mol. The van der Waals surface area contributed by atoms with Gasteiger partial charge in [0, 0.05) is 6.04 Å². The number of aryl methyl sites for hydroxylation is 1. The lowest BCUT2D eigenvalue weighted by molar-refractivity contribution is 0.0903. The summed E-state index contributed by atoms with van der Waals surface area (Å²) in [5, 5.41) is 4.28. The van der Waals surface area contributed by atoms with E-state index < -0.39 is 0 Å². The third-order valence-electron chi connectivity index (χ3n) is 5.70. The molecule has 1 N–H and O–H groups in total. The van der Waals surface area contributed by atoms with Crippen LogP contribution in [-0.2, 0) is 0 Å². The summed E-state index contributed by atoms with van der Waals surface area (Å²) in [6.45, 7) is 4.25. The van der Waals surface area contributed by atoms with Gasteiger partial charge in [-0.2, -0.15) is 0 Å². The van der Waals surface area contributed by atoms with Gasteiger partial charge in [0.25, 0.3) is 5.91 Å². The van der Waals surface area contributed by atoms with E-state index in [0.29, 0.717) is 29.2 Å². The molecule has 1 aromatic heterocycles. The fraction of sp³-hybridized carbons (Fsp3) is 0.556. The lowest BCUT2D eigenvalue weighted by Crippen LogP contribution is -2.43. The van der Waals surface area contributed by atoms with E-state index >= 15 is 0 Å². The summed E-state index contributed by atoms with van der Waals surface area (Å²) in [5.74, 6) is 2.63. The fourth-order valence-electron chi connectivity index (χ4n) is 4.52. The molecular formula is C18H22N2O2S. The van der Waals surface area contributed by atoms with Gasteiger partial charge in [-0.25, -0.2) is 4.98 Å². The van der Waals surface area contributed by atoms with Crippen molar-refractivity contribution in [1.29, 1.82) is 0 Å². The van der Waals surface area contributed by atoms with E-state index in [2.05, 4.69) is 17.2 Å². The summed E-state index contributed by atoms with van der Waals surface area (Å²) < 4.78 is 6.38. The van der Waals surface area contributed by atoms with Gasteiger partial charge < -0.3 is 10.1 Å². The fourth-order valence-corrected chi connectivity index (χ4v) is 5.48. The van der Waals surface area contributed by atoms with Crippen molar-refractivity contribution in [3.05, 3.63) is 22.7 Å². The minimum absolute atomic E-state index is 0.0134. The minimum Gasteiger partial charge on any atom is -0.496 e. The van der Waals surface area contributed by atoms with Gasteiger partial charge in [0.05, 0.1) is 22.3 Å². The Hall–Kier alpha value is -1.62. The molecule has 4 rings (SSSR count). The highest BCUT2D eigenvalue weighted by Gasteiger charge is 2.46. The second-order valence-corrected chi connectivity index (χ2v) is 8.12. The Labute approximate surface area is 140 Å². The number of thiazole rings is 1. The minimum atomic E-state index is -0.0134. The molecule has 2 bridgehead atoms. The van der Waals surface area contributed by atoms with Crippen LogP contribution in [0.25, 0.3) is 10.2 Å². The van der Waals surface area contributed by atoms with Gasteiger partial charge in [-0.3, -0.25) is 4.79 Å². The number of hydrogen-bond donors (Lipinski definition) is 1. The average molecular weight is 330 g/mol. The Bertz CT molecular complexity index is 768. The number of fused-ring (bicyclic) bond motifs is 3. The Morgan fingerprint density at radius 3 is 2.83 bits per heavy atom. The van der Waals surface area contributed by atoms with Gasteiger partial charge in [0.2, 0.25) is 0 Å². The van der Waals surface area contributed by atoms with Crippen molar-refractivity contribution in [3.8, 4) is 5.75 Å². The number of aromatic nitrogens is 1. The van der Waals surface area contributed by atoms with Gasteiger partial charge in [-0.15, -0.1) is 11.3 Å². The van der Waals surface area contributed by atoms with Gasteiger partial charge >= 0.3 is 0 Å². The second-order valence-electron chi connectivity index (χ2n) is 6.92. The smallest absolute Gasteiger partial charge is 0.256 e. The molecule has 4 atom stereocenters. The molecule has 2 saturated carbocycles. The van der Waals surface area contributed by atoms with Crippen molar-refractivity contribution in [3.63, 3.8) is 0 Å². The van der Waals surface area contributed by atoms with Gasteiger partial charge in [0.1, 0.15) is 11.3 Å². The van der Waals surface area contributed by atoms with Gasteiger partial charge in [-0.1, -0.05) is 6.92 Å². The number of amides is 1. The molecule has 4 nitrogen and oxygen atoms in total. The number of nitrogens with zero attached hydrogens (tertiary/aromatic N) is 1. The number of carbonyl (C=O) groups is 1. The van der Waals surface area contributed by atoms with Gasteiger partial charge in [-0.05, 0) is 56.1 Å². The molecule has 1 amide bonds. The van der Waals surface area contributed by atoms with E-state index in [1.54, 1.807) is 18.4 Å². The first-order chi connectivity index (χ1) is 11.1. The van der Waals surface area contributed by atoms with E-state index in [1.807, 2.05) is 19.1 Å². The first-order valence-electron chi connectivity index (χ1n) is 8.33. The molecule has 0 aliphatic heterocycles.